The molecule has 0 saturated carbocycles. The minimum Gasteiger partial charge on any atom is -0.495 e. The van der Waals surface area contributed by atoms with Gasteiger partial charge in [0.25, 0.3) is 5.89 Å². The first-order valence-electron chi connectivity index (χ1n) is 8.25. The van der Waals surface area contributed by atoms with Gasteiger partial charge in [-0.05, 0) is 12.1 Å². The molecule has 0 spiro atoms. The van der Waals surface area contributed by atoms with E-state index in [-0.39, 0.29) is 30.7 Å². The lowest BCUT2D eigenvalue weighted by Crippen LogP contribution is -2.34. The van der Waals surface area contributed by atoms with Crippen molar-refractivity contribution in [3.63, 3.8) is 0 Å². The monoisotopic (exact) mass is 360 g/mol. The Bertz CT molecular complexity index is 791. The Labute approximate surface area is 149 Å². The Hall–Kier alpha value is -2.94. The molecule has 1 saturated heterocycles. The number of aliphatic hydroxyl groups is 1. The summed E-state index contributed by atoms with van der Waals surface area (Å²) in [6, 6.07) is 7.23. The quantitative estimate of drug-likeness (QED) is 0.728. The summed E-state index contributed by atoms with van der Waals surface area (Å²) >= 11 is 0. The number of methoxy groups -OCH3 is 1. The van der Waals surface area contributed by atoms with Crippen LogP contribution in [0.1, 0.15) is 18.1 Å². The molecule has 1 fully saturated rings. The molecule has 2 N–H and O–H groups in total. The summed E-state index contributed by atoms with van der Waals surface area (Å²) in [6.07, 6.45) is 0.535. The Morgan fingerprint density at radius 1 is 1.46 bits per heavy atom. The van der Waals surface area contributed by atoms with Gasteiger partial charge in [-0.15, -0.1) is 0 Å². The van der Waals surface area contributed by atoms with E-state index in [9.17, 15) is 9.59 Å². The molecule has 0 bridgehead atoms. The minimum absolute atomic E-state index is 0.111. The number of nitrogens with one attached hydrogen (secondary N) is 1. The van der Waals surface area contributed by atoms with Gasteiger partial charge in [-0.1, -0.05) is 17.3 Å². The number of para-hydroxylation sites is 2. The van der Waals surface area contributed by atoms with Gasteiger partial charge in [0, 0.05) is 25.9 Å². The molecule has 1 atom stereocenters. The molecule has 1 aliphatic heterocycles. The second-order valence-corrected chi connectivity index (χ2v) is 5.88. The van der Waals surface area contributed by atoms with Gasteiger partial charge in [-0.25, -0.2) is 0 Å². The van der Waals surface area contributed by atoms with E-state index in [0.717, 1.165) is 0 Å². The second kappa shape index (κ2) is 7.96. The number of aliphatic hydroxyl groups excluding tert-OH is 1. The zero-order valence-electron chi connectivity index (χ0n) is 14.3. The number of benzene rings is 1. The minimum atomic E-state index is -0.425. The first-order valence-corrected chi connectivity index (χ1v) is 8.25. The molecule has 2 heterocycles. The summed E-state index contributed by atoms with van der Waals surface area (Å²) in [4.78, 5) is 30.2. The van der Waals surface area contributed by atoms with E-state index < -0.39 is 5.92 Å². The Balaban J connectivity index is 1.55. The van der Waals surface area contributed by atoms with Gasteiger partial charge in [0.1, 0.15) is 12.4 Å². The van der Waals surface area contributed by atoms with Gasteiger partial charge in [0.15, 0.2) is 5.82 Å². The van der Waals surface area contributed by atoms with E-state index in [1.165, 1.54) is 0 Å². The summed E-state index contributed by atoms with van der Waals surface area (Å²) < 4.78 is 10.1. The average Bonchev–Trinajstić information content (AvgIpc) is 3.28. The molecule has 3 rings (SSSR count). The van der Waals surface area contributed by atoms with Crippen LogP contribution in [-0.4, -0.2) is 47.3 Å². The molecule has 2 aromatic rings. The smallest absolute Gasteiger partial charge is 0.252 e. The molecule has 1 aliphatic rings. The van der Waals surface area contributed by atoms with Crippen molar-refractivity contribution in [2.45, 2.75) is 19.4 Å². The van der Waals surface area contributed by atoms with Gasteiger partial charge >= 0.3 is 0 Å². The van der Waals surface area contributed by atoms with Crippen molar-refractivity contribution in [3.8, 4) is 5.75 Å². The van der Waals surface area contributed by atoms with Crippen molar-refractivity contribution in [3.05, 3.63) is 36.0 Å². The van der Waals surface area contributed by atoms with Crippen LogP contribution in [0.5, 0.6) is 5.75 Å². The van der Waals surface area contributed by atoms with E-state index in [1.807, 2.05) is 12.1 Å². The number of ether oxygens (including phenoxy) is 1. The molecule has 1 aromatic heterocycles. The third-order valence-electron chi connectivity index (χ3n) is 4.17. The lowest BCUT2D eigenvalue weighted by molar-refractivity contribution is -0.126. The molecular formula is C17H20N4O5. The number of amides is 2. The number of hydrogen-bond donors (Lipinski definition) is 2. The lowest BCUT2D eigenvalue weighted by atomic mass is 10.1. The molecule has 1 aromatic carbocycles. The maximum absolute atomic E-state index is 12.3. The van der Waals surface area contributed by atoms with E-state index in [4.69, 9.17) is 14.4 Å². The van der Waals surface area contributed by atoms with E-state index >= 15 is 0 Å². The summed E-state index contributed by atoms with van der Waals surface area (Å²) in [5, 5.41) is 15.4. The van der Waals surface area contributed by atoms with Crippen LogP contribution in [0.15, 0.2) is 28.8 Å². The van der Waals surface area contributed by atoms with Gasteiger partial charge in [-0.2, -0.15) is 4.98 Å². The van der Waals surface area contributed by atoms with Crippen molar-refractivity contribution < 1.29 is 24.0 Å². The van der Waals surface area contributed by atoms with Gasteiger partial charge in [0.2, 0.25) is 11.8 Å². The third kappa shape index (κ3) is 3.83. The van der Waals surface area contributed by atoms with Crippen molar-refractivity contribution in [1.82, 2.24) is 15.5 Å². The topological polar surface area (TPSA) is 118 Å². The van der Waals surface area contributed by atoms with Crippen molar-refractivity contribution in [2.75, 3.05) is 25.1 Å². The molecule has 9 heteroatoms. The molecule has 2 amide bonds. The Morgan fingerprint density at radius 2 is 2.27 bits per heavy atom. The number of anilines is 1. The van der Waals surface area contributed by atoms with Crippen molar-refractivity contribution in [2.24, 2.45) is 5.92 Å². The first kappa shape index (κ1) is 17.9. The summed E-state index contributed by atoms with van der Waals surface area (Å²) in [6.45, 7) is 0.312. The number of carbonyl (C=O) groups excluding carboxylic acids is 2. The SMILES string of the molecule is COc1ccccc1N1C[C@@H](C(=O)NCCc2noc(CO)n2)CC1=O. The Morgan fingerprint density at radius 3 is 3.00 bits per heavy atom. The van der Waals surface area contributed by atoms with Gasteiger partial charge in [0.05, 0.1) is 18.7 Å². The molecule has 9 nitrogen and oxygen atoms in total. The van der Waals surface area contributed by atoms with E-state index in [0.29, 0.717) is 36.8 Å². The van der Waals surface area contributed by atoms with Crippen LogP contribution < -0.4 is 15.0 Å². The van der Waals surface area contributed by atoms with E-state index in [2.05, 4.69) is 15.5 Å². The Kier molecular flexibility index (Phi) is 5.47. The number of nitrogens with zero attached hydrogens (tertiary/aromatic N) is 3. The van der Waals surface area contributed by atoms with Crippen LogP contribution in [0, 0.1) is 5.92 Å². The molecule has 26 heavy (non-hydrogen) atoms. The zero-order chi connectivity index (χ0) is 18.5. The molecule has 0 radical (unpaired) electrons. The third-order valence-corrected chi connectivity index (χ3v) is 4.17. The predicted octanol–water partition coefficient (Wildman–Crippen LogP) is 0.282. The molecule has 0 aliphatic carbocycles. The molecule has 0 unspecified atom stereocenters. The number of carbonyl (C=O) groups is 2. The first-order chi connectivity index (χ1) is 12.6. The van der Waals surface area contributed by atoms with Crippen LogP contribution in [0.4, 0.5) is 5.69 Å². The molecular weight excluding hydrogens is 340 g/mol. The normalized spacial score (nSPS) is 16.8. The highest BCUT2D eigenvalue weighted by Crippen LogP contribution is 2.32. The lowest BCUT2D eigenvalue weighted by Gasteiger charge is -2.19. The van der Waals surface area contributed by atoms with Crippen LogP contribution in [0.3, 0.4) is 0 Å². The van der Waals surface area contributed by atoms with Crippen molar-refractivity contribution in [1.29, 1.82) is 0 Å². The fraction of sp³-hybridized carbons (Fsp3) is 0.412. The van der Waals surface area contributed by atoms with Crippen LogP contribution >= 0.6 is 0 Å². The maximum Gasteiger partial charge on any atom is 0.252 e. The van der Waals surface area contributed by atoms with Gasteiger partial charge < -0.3 is 24.6 Å². The van der Waals surface area contributed by atoms with Crippen LogP contribution in [0.25, 0.3) is 0 Å². The largest absolute Gasteiger partial charge is 0.495 e. The molecule has 138 valence electrons. The van der Waals surface area contributed by atoms with Crippen LogP contribution in [0.2, 0.25) is 0 Å². The van der Waals surface area contributed by atoms with Crippen LogP contribution in [-0.2, 0) is 22.6 Å². The predicted molar refractivity (Wildman–Crippen MR) is 90.4 cm³/mol. The van der Waals surface area contributed by atoms with Gasteiger partial charge in [-0.3, -0.25) is 9.59 Å². The number of aromatic nitrogens is 2. The summed E-state index contributed by atoms with van der Waals surface area (Å²) in [5.74, 6) is 0.416. The zero-order valence-corrected chi connectivity index (χ0v) is 14.3. The highest BCUT2D eigenvalue weighted by molar-refractivity contribution is 6.01. The average molecular weight is 360 g/mol. The second-order valence-electron chi connectivity index (χ2n) is 5.88. The highest BCUT2D eigenvalue weighted by Gasteiger charge is 2.36. The van der Waals surface area contributed by atoms with E-state index in [1.54, 1.807) is 24.1 Å². The summed E-state index contributed by atoms with van der Waals surface area (Å²) in [7, 11) is 1.55. The maximum atomic E-state index is 12.3. The summed E-state index contributed by atoms with van der Waals surface area (Å²) in [5.41, 5.74) is 0.665. The fourth-order valence-electron chi connectivity index (χ4n) is 2.87. The fourth-order valence-corrected chi connectivity index (χ4v) is 2.87. The van der Waals surface area contributed by atoms with Crippen molar-refractivity contribution >= 4 is 17.5 Å². The number of rotatable bonds is 7. The number of hydrogen-bond acceptors (Lipinski definition) is 7. The standard InChI is InChI=1S/C17H20N4O5/c1-25-13-5-3-2-4-12(13)21-9-11(8-16(21)23)17(24)18-7-6-14-19-15(10-22)26-20-14/h2-5,11,22H,6-10H2,1H3,(H,18,24)/t11-/m0/s1. The highest BCUT2D eigenvalue weighted by atomic mass is 16.5.